The Balaban J connectivity index is 1.60. The summed E-state index contributed by atoms with van der Waals surface area (Å²) in [5, 5.41) is 0.943. The SMILES string of the molecule is CC(C)N1CCN(c2cc3c(cc2Br)C(=O)c2c([nH]c4cc(N)ccc24)C3(C)C)CC1. The van der Waals surface area contributed by atoms with E-state index in [2.05, 4.69) is 64.5 Å². The van der Waals surface area contributed by atoms with E-state index in [4.69, 9.17) is 5.73 Å². The van der Waals surface area contributed by atoms with Crippen molar-refractivity contribution in [2.24, 2.45) is 0 Å². The number of carbonyl (C=O) groups is 1. The average Bonchev–Trinajstić information content (AvgIpc) is 3.12. The van der Waals surface area contributed by atoms with Crippen molar-refractivity contribution in [2.75, 3.05) is 36.8 Å². The van der Waals surface area contributed by atoms with E-state index >= 15 is 0 Å². The van der Waals surface area contributed by atoms with Gasteiger partial charge in [-0.15, -0.1) is 0 Å². The summed E-state index contributed by atoms with van der Waals surface area (Å²) < 4.78 is 0.987. The van der Waals surface area contributed by atoms with Crippen molar-refractivity contribution in [1.82, 2.24) is 9.88 Å². The van der Waals surface area contributed by atoms with Crippen LogP contribution in [0.4, 0.5) is 11.4 Å². The second-order valence-electron chi connectivity index (χ2n) is 9.60. The minimum atomic E-state index is -0.318. The quantitative estimate of drug-likeness (QED) is 0.511. The lowest BCUT2D eigenvalue weighted by atomic mass is 9.71. The highest BCUT2D eigenvalue weighted by molar-refractivity contribution is 9.10. The number of nitrogen functional groups attached to an aromatic ring is 1. The summed E-state index contributed by atoms with van der Waals surface area (Å²) in [6.45, 7) is 13.0. The summed E-state index contributed by atoms with van der Waals surface area (Å²) in [6.07, 6.45) is 0. The van der Waals surface area contributed by atoms with Crippen LogP contribution in [0.2, 0.25) is 0 Å². The van der Waals surface area contributed by atoms with Crippen LogP contribution in [-0.4, -0.2) is 47.9 Å². The Hall–Kier alpha value is -2.31. The number of hydrogen-bond acceptors (Lipinski definition) is 4. The number of nitrogens with zero attached hydrogens (tertiary/aromatic N) is 2. The fourth-order valence-corrected chi connectivity index (χ4v) is 5.77. The maximum Gasteiger partial charge on any atom is 0.195 e. The van der Waals surface area contributed by atoms with Crippen molar-refractivity contribution in [3.63, 3.8) is 0 Å². The Morgan fingerprint density at radius 2 is 1.81 bits per heavy atom. The number of anilines is 2. The number of aromatic nitrogens is 1. The van der Waals surface area contributed by atoms with Gasteiger partial charge in [0.15, 0.2) is 5.78 Å². The van der Waals surface area contributed by atoms with E-state index in [9.17, 15) is 4.79 Å². The maximum atomic E-state index is 13.6. The second kappa shape index (κ2) is 7.10. The largest absolute Gasteiger partial charge is 0.399 e. The Kier molecular flexibility index (Phi) is 4.72. The third-order valence-corrected chi connectivity index (χ3v) is 7.70. The zero-order valence-corrected chi connectivity index (χ0v) is 20.1. The van der Waals surface area contributed by atoms with Gasteiger partial charge in [0.2, 0.25) is 0 Å². The molecule has 6 heteroatoms. The Morgan fingerprint density at radius 1 is 1.10 bits per heavy atom. The normalized spacial score (nSPS) is 18.5. The Labute approximate surface area is 191 Å². The molecule has 1 aliphatic heterocycles. The number of ketones is 1. The number of hydrogen-bond donors (Lipinski definition) is 2. The monoisotopic (exact) mass is 480 g/mol. The van der Waals surface area contributed by atoms with Gasteiger partial charge < -0.3 is 15.6 Å². The molecule has 0 spiro atoms. The molecule has 3 N–H and O–H groups in total. The summed E-state index contributed by atoms with van der Waals surface area (Å²) in [5.74, 6) is 0.0808. The van der Waals surface area contributed by atoms with Crippen molar-refractivity contribution < 1.29 is 4.79 Å². The fraction of sp³-hybridized carbons (Fsp3) is 0.400. The molecule has 0 bridgehead atoms. The molecule has 31 heavy (non-hydrogen) atoms. The molecule has 1 fully saturated rings. The molecule has 0 radical (unpaired) electrons. The highest BCUT2D eigenvalue weighted by atomic mass is 79.9. The third kappa shape index (κ3) is 3.11. The summed E-state index contributed by atoms with van der Waals surface area (Å²) in [4.78, 5) is 22.1. The minimum Gasteiger partial charge on any atom is -0.399 e. The lowest BCUT2D eigenvalue weighted by molar-refractivity contribution is 0.103. The maximum absolute atomic E-state index is 13.6. The highest BCUT2D eigenvalue weighted by Crippen LogP contribution is 2.46. The van der Waals surface area contributed by atoms with Crippen LogP contribution in [0.3, 0.4) is 0 Å². The van der Waals surface area contributed by atoms with Crippen LogP contribution in [0.15, 0.2) is 34.8 Å². The number of nitrogens with two attached hydrogens (primary N) is 1. The van der Waals surface area contributed by atoms with Crippen molar-refractivity contribution in [3.05, 3.63) is 57.2 Å². The minimum absolute atomic E-state index is 0.0808. The smallest absolute Gasteiger partial charge is 0.195 e. The molecule has 0 saturated carbocycles. The molecular formula is C25H29BrN4O. The molecule has 2 aliphatic rings. The van der Waals surface area contributed by atoms with E-state index in [0.29, 0.717) is 11.7 Å². The number of rotatable bonds is 2. The molecule has 0 amide bonds. The number of piperazine rings is 1. The molecule has 5 nitrogen and oxygen atoms in total. The van der Waals surface area contributed by atoms with Crippen LogP contribution >= 0.6 is 15.9 Å². The van der Waals surface area contributed by atoms with Crippen LogP contribution < -0.4 is 10.6 Å². The van der Waals surface area contributed by atoms with Gasteiger partial charge in [-0.1, -0.05) is 19.9 Å². The Bertz CT molecular complexity index is 1200. The van der Waals surface area contributed by atoms with Gasteiger partial charge in [0.05, 0.1) is 11.3 Å². The third-order valence-electron chi connectivity index (χ3n) is 7.06. The first kappa shape index (κ1) is 20.6. The van der Waals surface area contributed by atoms with Crippen molar-refractivity contribution in [1.29, 1.82) is 0 Å². The summed E-state index contributed by atoms with van der Waals surface area (Å²) in [5.41, 5.74) is 12.1. The Morgan fingerprint density at radius 3 is 2.48 bits per heavy atom. The molecule has 0 atom stereocenters. The van der Waals surface area contributed by atoms with Crippen LogP contribution in [0.25, 0.3) is 10.9 Å². The predicted octanol–water partition coefficient (Wildman–Crippen LogP) is 4.91. The van der Waals surface area contributed by atoms with Crippen LogP contribution in [0.1, 0.15) is 54.9 Å². The molecule has 1 aromatic heterocycles. The topological polar surface area (TPSA) is 65.4 Å². The summed E-state index contributed by atoms with van der Waals surface area (Å²) >= 11 is 3.78. The number of aromatic amines is 1. The standard InChI is InChI=1S/C25H29BrN4O/c1-14(2)29-7-9-30(10-8-29)21-13-18-17(12-19(21)26)23(31)22-16-6-5-15(27)11-20(16)28-24(22)25(18,3)4/h5-6,11-14,28H,7-10,27H2,1-4H3. The number of benzene rings is 2. The number of nitrogens with one attached hydrogen (secondary N) is 1. The van der Waals surface area contributed by atoms with Gasteiger partial charge in [0.25, 0.3) is 0 Å². The van der Waals surface area contributed by atoms with E-state index in [1.54, 1.807) is 0 Å². The van der Waals surface area contributed by atoms with Crippen molar-refractivity contribution in [3.8, 4) is 0 Å². The summed E-state index contributed by atoms with van der Waals surface area (Å²) in [6, 6.07) is 10.6. The molecule has 5 rings (SSSR count). The van der Waals surface area contributed by atoms with Gasteiger partial charge in [-0.25, -0.2) is 0 Å². The van der Waals surface area contributed by atoms with Gasteiger partial charge in [-0.3, -0.25) is 9.69 Å². The highest BCUT2D eigenvalue weighted by Gasteiger charge is 2.40. The van der Waals surface area contributed by atoms with E-state index < -0.39 is 0 Å². The molecule has 0 unspecified atom stereocenters. The molecule has 2 heterocycles. The summed E-state index contributed by atoms with van der Waals surface area (Å²) in [7, 11) is 0. The van der Waals surface area contributed by atoms with Crippen LogP contribution in [-0.2, 0) is 5.41 Å². The van der Waals surface area contributed by atoms with Gasteiger partial charge in [0.1, 0.15) is 0 Å². The van der Waals surface area contributed by atoms with E-state index in [1.807, 2.05) is 24.3 Å². The van der Waals surface area contributed by atoms with E-state index in [0.717, 1.165) is 63.9 Å². The molecular weight excluding hydrogens is 452 g/mol. The molecule has 162 valence electrons. The fourth-order valence-electron chi connectivity index (χ4n) is 5.18. The van der Waals surface area contributed by atoms with Gasteiger partial charge in [0, 0.05) is 70.0 Å². The number of fused-ring (bicyclic) bond motifs is 4. The average molecular weight is 481 g/mol. The van der Waals surface area contributed by atoms with Gasteiger partial charge >= 0.3 is 0 Å². The zero-order valence-electron chi connectivity index (χ0n) is 18.6. The predicted molar refractivity (Wildman–Crippen MR) is 131 cm³/mol. The lowest BCUT2D eigenvalue weighted by Gasteiger charge is -2.40. The van der Waals surface area contributed by atoms with E-state index in [-0.39, 0.29) is 11.2 Å². The zero-order chi connectivity index (χ0) is 22.1. The first-order valence-corrected chi connectivity index (χ1v) is 11.8. The van der Waals surface area contributed by atoms with Crippen LogP contribution in [0.5, 0.6) is 0 Å². The van der Waals surface area contributed by atoms with Gasteiger partial charge in [-0.05, 0) is 59.6 Å². The van der Waals surface area contributed by atoms with Gasteiger partial charge in [-0.2, -0.15) is 0 Å². The van der Waals surface area contributed by atoms with Crippen molar-refractivity contribution in [2.45, 2.75) is 39.2 Å². The van der Waals surface area contributed by atoms with E-state index in [1.165, 1.54) is 5.69 Å². The van der Waals surface area contributed by atoms with Crippen molar-refractivity contribution >= 4 is 44.0 Å². The van der Waals surface area contributed by atoms with Crippen LogP contribution in [0, 0.1) is 0 Å². The number of carbonyl (C=O) groups excluding carboxylic acids is 1. The second-order valence-corrected chi connectivity index (χ2v) is 10.5. The molecule has 1 saturated heterocycles. The lowest BCUT2D eigenvalue weighted by Crippen LogP contribution is -2.49. The first-order chi connectivity index (χ1) is 14.7. The number of H-pyrrole nitrogens is 1. The first-order valence-electron chi connectivity index (χ1n) is 11.0. The number of halogens is 1. The molecule has 1 aliphatic carbocycles. The molecule has 2 aromatic carbocycles. The molecule has 3 aromatic rings.